The summed E-state index contributed by atoms with van der Waals surface area (Å²) >= 11 is 0. The largest absolute Gasteiger partial charge is 0.458 e. The number of likely N-dealkylation sites (tertiary alicyclic amines) is 1. The van der Waals surface area contributed by atoms with E-state index in [2.05, 4.69) is 0 Å². The minimum atomic E-state index is -0.257. The van der Waals surface area contributed by atoms with Gasteiger partial charge < -0.3 is 9.64 Å². The van der Waals surface area contributed by atoms with Crippen molar-refractivity contribution in [1.29, 1.82) is 0 Å². The molecule has 0 N–H and O–H groups in total. The lowest BCUT2D eigenvalue weighted by molar-refractivity contribution is -0.0447. The molecule has 2 aromatic carbocycles. The van der Waals surface area contributed by atoms with Gasteiger partial charge in [0.2, 0.25) is 0 Å². The summed E-state index contributed by atoms with van der Waals surface area (Å²) in [6, 6.07) is 18.8. The second-order valence-electron chi connectivity index (χ2n) is 7.48. The van der Waals surface area contributed by atoms with Gasteiger partial charge in [-0.2, -0.15) is 0 Å². The van der Waals surface area contributed by atoms with Crippen LogP contribution in [0, 0.1) is 5.92 Å². The summed E-state index contributed by atoms with van der Waals surface area (Å²) in [7, 11) is 0. The van der Waals surface area contributed by atoms with Gasteiger partial charge in [0.15, 0.2) is 0 Å². The smallest absolute Gasteiger partial charge is 0.338 e. The lowest BCUT2D eigenvalue weighted by atomic mass is 9.76. The first-order valence-corrected chi connectivity index (χ1v) is 9.86. The summed E-state index contributed by atoms with van der Waals surface area (Å²) in [5.41, 5.74) is 1.33. The molecule has 3 atom stereocenters. The fourth-order valence-electron chi connectivity index (χ4n) is 4.53. The molecule has 0 radical (unpaired) electrons. The zero-order valence-electron chi connectivity index (χ0n) is 15.4. The molecule has 0 aromatic heterocycles. The quantitative estimate of drug-likeness (QED) is 0.763. The Bertz CT molecular complexity index is 790. The molecular formula is C23H25NO3. The zero-order chi connectivity index (χ0) is 18.6. The number of esters is 1. The molecule has 1 saturated heterocycles. The van der Waals surface area contributed by atoms with E-state index in [0.29, 0.717) is 18.5 Å². The van der Waals surface area contributed by atoms with Crippen molar-refractivity contribution in [3.8, 4) is 0 Å². The molecule has 140 valence electrons. The van der Waals surface area contributed by atoms with Gasteiger partial charge >= 0.3 is 5.97 Å². The van der Waals surface area contributed by atoms with E-state index in [1.54, 1.807) is 12.1 Å². The van der Waals surface area contributed by atoms with E-state index >= 15 is 0 Å². The molecule has 2 fully saturated rings. The Hall–Kier alpha value is -2.62. The Kier molecular flexibility index (Phi) is 5.23. The topological polar surface area (TPSA) is 46.6 Å². The van der Waals surface area contributed by atoms with Crippen molar-refractivity contribution >= 4 is 11.9 Å². The third-order valence-corrected chi connectivity index (χ3v) is 5.86. The van der Waals surface area contributed by atoms with Crippen LogP contribution in [-0.4, -0.2) is 35.5 Å². The highest BCUT2D eigenvalue weighted by Gasteiger charge is 2.43. The van der Waals surface area contributed by atoms with E-state index in [1.165, 1.54) is 0 Å². The molecule has 0 unspecified atom stereocenters. The average molecular weight is 363 g/mol. The van der Waals surface area contributed by atoms with Gasteiger partial charge in [0.1, 0.15) is 6.10 Å². The third kappa shape index (κ3) is 3.75. The summed E-state index contributed by atoms with van der Waals surface area (Å²) in [6.07, 6.45) is 4.85. The molecule has 2 aliphatic rings. The summed E-state index contributed by atoms with van der Waals surface area (Å²) in [5.74, 6) is 0.0703. The molecule has 4 rings (SSSR count). The van der Waals surface area contributed by atoms with Crippen molar-refractivity contribution in [2.24, 2.45) is 5.92 Å². The van der Waals surface area contributed by atoms with Crippen LogP contribution in [0.1, 0.15) is 52.8 Å². The maximum Gasteiger partial charge on any atom is 0.338 e. The first kappa shape index (κ1) is 17.8. The molecule has 1 aliphatic heterocycles. The first-order chi connectivity index (χ1) is 13.2. The predicted molar refractivity (Wildman–Crippen MR) is 103 cm³/mol. The molecule has 1 saturated carbocycles. The van der Waals surface area contributed by atoms with Gasteiger partial charge in [-0.25, -0.2) is 4.79 Å². The highest BCUT2D eigenvalue weighted by atomic mass is 16.5. The fraction of sp³-hybridized carbons (Fsp3) is 0.391. The summed E-state index contributed by atoms with van der Waals surface area (Å²) in [6.45, 7) is 0.641. The zero-order valence-corrected chi connectivity index (χ0v) is 15.4. The Balaban J connectivity index is 1.50. The lowest BCUT2D eigenvalue weighted by Crippen LogP contribution is -2.55. The minimum absolute atomic E-state index is 0.0975. The van der Waals surface area contributed by atoms with Crippen molar-refractivity contribution in [3.63, 3.8) is 0 Å². The SMILES string of the molecule is O=C(O[C@@H]1CCN(C(=O)c2ccccc2)[C@@H]2CCCC[C@H]21)c1ccccc1. The van der Waals surface area contributed by atoms with E-state index in [4.69, 9.17) is 4.74 Å². The molecular weight excluding hydrogens is 338 g/mol. The average Bonchev–Trinajstić information content (AvgIpc) is 2.75. The van der Waals surface area contributed by atoms with E-state index < -0.39 is 0 Å². The Labute approximate surface area is 160 Å². The summed E-state index contributed by atoms with van der Waals surface area (Å²) < 4.78 is 5.90. The number of fused-ring (bicyclic) bond motifs is 1. The van der Waals surface area contributed by atoms with Gasteiger partial charge in [-0.15, -0.1) is 0 Å². The van der Waals surface area contributed by atoms with Crippen LogP contribution >= 0.6 is 0 Å². The maximum atomic E-state index is 13.0. The van der Waals surface area contributed by atoms with E-state index in [1.807, 2.05) is 53.4 Å². The van der Waals surface area contributed by atoms with Crippen molar-refractivity contribution < 1.29 is 14.3 Å². The van der Waals surface area contributed by atoms with Crippen molar-refractivity contribution in [1.82, 2.24) is 4.90 Å². The number of carbonyl (C=O) groups is 2. The molecule has 1 aliphatic carbocycles. The minimum Gasteiger partial charge on any atom is -0.458 e. The molecule has 0 spiro atoms. The molecule has 1 heterocycles. The molecule has 4 heteroatoms. The van der Waals surface area contributed by atoms with Gasteiger partial charge in [0.25, 0.3) is 5.91 Å². The number of carbonyl (C=O) groups excluding carboxylic acids is 2. The number of benzene rings is 2. The fourth-order valence-corrected chi connectivity index (χ4v) is 4.53. The maximum absolute atomic E-state index is 13.0. The molecule has 2 aromatic rings. The van der Waals surface area contributed by atoms with Crippen molar-refractivity contribution in [3.05, 3.63) is 71.8 Å². The molecule has 0 bridgehead atoms. The summed E-state index contributed by atoms with van der Waals surface area (Å²) in [4.78, 5) is 27.6. The number of amides is 1. The Morgan fingerprint density at radius 1 is 0.815 bits per heavy atom. The van der Waals surface area contributed by atoms with E-state index in [0.717, 1.165) is 31.2 Å². The van der Waals surface area contributed by atoms with Crippen LogP contribution in [0.2, 0.25) is 0 Å². The van der Waals surface area contributed by atoms with Crippen molar-refractivity contribution in [2.45, 2.75) is 44.2 Å². The number of hydrogen-bond acceptors (Lipinski definition) is 3. The van der Waals surface area contributed by atoms with E-state index in [-0.39, 0.29) is 29.9 Å². The second-order valence-corrected chi connectivity index (χ2v) is 7.48. The van der Waals surface area contributed by atoms with Crippen molar-refractivity contribution in [2.75, 3.05) is 6.54 Å². The number of piperidine rings is 1. The monoisotopic (exact) mass is 363 g/mol. The Morgan fingerprint density at radius 2 is 1.44 bits per heavy atom. The number of hydrogen-bond donors (Lipinski definition) is 0. The van der Waals surface area contributed by atoms with Crippen LogP contribution in [0.4, 0.5) is 0 Å². The normalized spacial score (nSPS) is 24.7. The second kappa shape index (κ2) is 7.95. The van der Waals surface area contributed by atoms with Gasteiger partial charge in [-0.1, -0.05) is 49.2 Å². The molecule has 27 heavy (non-hydrogen) atoms. The summed E-state index contributed by atoms with van der Waals surface area (Å²) in [5, 5.41) is 0. The van der Waals surface area contributed by atoms with Gasteiger partial charge in [0, 0.05) is 30.5 Å². The van der Waals surface area contributed by atoms with Crippen LogP contribution in [-0.2, 0) is 4.74 Å². The standard InChI is InChI=1S/C23H25NO3/c25-22(17-9-3-1-4-10-17)24-16-15-21(19-13-7-8-14-20(19)24)27-23(26)18-11-5-2-6-12-18/h1-6,9-12,19-21H,7-8,13-16H2/t19-,20-,21-/m1/s1. The van der Waals surface area contributed by atoms with Crippen LogP contribution in [0.15, 0.2) is 60.7 Å². The predicted octanol–water partition coefficient (Wildman–Crippen LogP) is 4.32. The van der Waals surface area contributed by atoms with Crippen LogP contribution in [0.3, 0.4) is 0 Å². The number of nitrogens with zero attached hydrogens (tertiary/aromatic N) is 1. The lowest BCUT2D eigenvalue weighted by Gasteiger charge is -2.47. The van der Waals surface area contributed by atoms with E-state index in [9.17, 15) is 9.59 Å². The van der Waals surface area contributed by atoms with Gasteiger partial charge in [0.05, 0.1) is 5.56 Å². The first-order valence-electron chi connectivity index (χ1n) is 9.86. The molecule has 1 amide bonds. The van der Waals surface area contributed by atoms with Crippen LogP contribution in [0.5, 0.6) is 0 Å². The highest BCUT2D eigenvalue weighted by molar-refractivity contribution is 5.94. The van der Waals surface area contributed by atoms with Crippen LogP contribution in [0.25, 0.3) is 0 Å². The van der Waals surface area contributed by atoms with Gasteiger partial charge in [-0.05, 0) is 37.1 Å². The van der Waals surface area contributed by atoms with Crippen LogP contribution < -0.4 is 0 Å². The molecule has 4 nitrogen and oxygen atoms in total. The third-order valence-electron chi connectivity index (χ3n) is 5.86. The number of rotatable bonds is 3. The number of ether oxygens (including phenoxy) is 1. The highest BCUT2D eigenvalue weighted by Crippen LogP contribution is 2.38. The Morgan fingerprint density at radius 3 is 2.15 bits per heavy atom. The van der Waals surface area contributed by atoms with Gasteiger partial charge in [-0.3, -0.25) is 4.79 Å².